The van der Waals surface area contributed by atoms with E-state index >= 15 is 0 Å². The highest BCUT2D eigenvalue weighted by molar-refractivity contribution is 7.13. The van der Waals surface area contributed by atoms with Crippen LogP contribution in [0.15, 0.2) is 41.2 Å². The predicted octanol–water partition coefficient (Wildman–Crippen LogP) is 0.112. The number of aliphatic hydroxyl groups excluding tert-OH is 4. The van der Waals surface area contributed by atoms with Crippen molar-refractivity contribution in [2.24, 2.45) is 0 Å². The van der Waals surface area contributed by atoms with Gasteiger partial charge in [-0.1, -0.05) is 5.21 Å². The summed E-state index contributed by atoms with van der Waals surface area (Å²) in [5.74, 6) is 0.376. The molecule has 0 aliphatic carbocycles. The van der Waals surface area contributed by atoms with Crippen LogP contribution in [0.3, 0.4) is 0 Å². The molecule has 4 N–H and O–H groups in total. The maximum Gasteiger partial charge on any atom is 0.294 e. The van der Waals surface area contributed by atoms with E-state index < -0.39 is 31.0 Å². The molecule has 0 aliphatic heterocycles. The van der Waals surface area contributed by atoms with Crippen molar-refractivity contribution in [3.8, 4) is 40.6 Å². The van der Waals surface area contributed by atoms with Crippen LogP contribution in [0.1, 0.15) is 11.1 Å². The van der Waals surface area contributed by atoms with E-state index in [0.717, 1.165) is 16.2 Å². The molecule has 13 nitrogen and oxygen atoms in total. The monoisotopic (exact) mass is 536 g/mol. The van der Waals surface area contributed by atoms with Gasteiger partial charge in [-0.15, -0.1) is 5.10 Å². The second-order valence-corrected chi connectivity index (χ2v) is 8.70. The number of nitriles is 2. The molecule has 0 spiro atoms. The van der Waals surface area contributed by atoms with Crippen LogP contribution in [0.4, 0.5) is 0 Å². The van der Waals surface area contributed by atoms with Gasteiger partial charge in [0.2, 0.25) is 0 Å². The minimum Gasteiger partial charge on any atom is -0.489 e. The maximum absolute atomic E-state index is 13.2. The summed E-state index contributed by atoms with van der Waals surface area (Å²) < 4.78 is 16.3. The van der Waals surface area contributed by atoms with Gasteiger partial charge in [0.15, 0.2) is 0 Å². The number of rotatable bonds is 10. The van der Waals surface area contributed by atoms with Gasteiger partial charge in [-0.2, -0.15) is 19.6 Å². The molecule has 0 aliphatic rings. The molecule has 2 aromatic carbocycles. The third-order valence-electron chi connectivity index (χ3n) is 5.27. The molecule has 2 heterocycles. The molecule has 2 unspecified atom stereocenters. The summed E-state index contributed by atoms with van der Waals surface area (Å²) in [5, 5.41) is 64.0. The standard InChI is InChI=1S/C24H20N6O7S/c25-7-14-5-13(1-3-19(14)36-11-17(33)9-31)21-22-23(38-28-21)24(35)30(29-27-22)16-2-4-20(15(6-16)8-26)37-12-18(34)10-32/h1-6,17-18,31-34H,9-12H2. The van der Waals surface area contributed by atoms with Crippen molar-refractivity contribution in [2.45, 2.75) is 12.2 Å². The second kappa shape index (κ2) is 11.7. The Morgan fingerprint density at radius 3 is 2.16 bits per heavy atom. The largest absolute Gasteiger partial charge is 0.489 e. The number of hydrogen-bond acceptors (Lipinski definition) is 13. The van der Waals surface area contributed by atoms with E-state index in [1.807, 2.05) is 12.1 Å². The first-order chi connectivity index (χ1) is 18.4. The number of hydrogen-bond donors (Lipinski definition) is 4. The highest BCUT2D eigenvalue weighted by atomic mass is 32.1. The maximum atomic E-state index is 13.2. The Hall–Kier alpha value is -4.44. The second-order valence-electron chi connectivity index (χ2n) is 7.93. The van der Waals surface area contributed by atoms with Gasteiger partial charge in [-0.05, 0) is 47.9 Å². The van der Waals surface area contributed by atoms with Crippen LogP contribution < -0.4 is 15.0 Å². The summed E-state index contributed by atoms with van der Waals surface area (Å²) in [7, 11) is 0. The van der Waals surface area contributed by atoms with Crippen molar-refractivity contribution in [3.63, 3.8) is 0 Å². The molecule has 2 aromatic heterocycles. The molecule has 0 saturated heterocycles. The minimum atomic E-state index is -1.11. The van der Waals surface area contributed by atoms with Crippen molar-refractivity contribution >= 4 is 21.7 Å². The van der Waals surface area contributed by atoms with Gasteiger partial charge in [0.25, 0.3) is 5.56 Å². The Labute approximate surface area is 218 Å². The van der Waals surface area contributed by atoms with Crippen LogP contribution in [-0.4, -0.2) is 78.4 Å². The third-order valence-corrected chi connectivity index (χ3v) is 6.10. The van der Waals surface area contributed by atoms with Crippen LogP contribution >= 0.6 is 11.5 Å². The van der Waals surface area contributed by atoms with E-state index in [4.69, 9.17) is 19.7 Å². The number of aliphatic hydroxyl groups is 4. The van der Waals surface area contributed by atoms with Crippen LogP contribution in [0.5, 0.6) is 11.5 Å². The average molecular weight is 537 g/mol. The first-order valence-corrected chi connectivity index (χ1v) is 11.8. The van der Waals surface area contributed by atoms with Crippen LogP contribution in [0.25, 0.3) is 27.2 Å². The van der Waals surface area contributed by atoms with Crippen LogP contribution in [-0.2, 0) is 0 Å². The molecule has 0 radical (unpaired) electrons. The lowest BCUT2D eigenvalue weighted by atomic mass is 10.1. The van der Waals surface area contributed by atoms with Gasteiger partial charge in [-0.3, -0.25) is 4.79 Å². The first kappa shape index (κ1) is 26.6. The molecule has 0 bridgehead atoms. The third kappa shape index (κ3) is 5.45. The van der Waals surface area contributed by atoms with Gasteiger partial charge in [0, 0.05) is 5.56 Å². The normalized spacial score (nSPS) is 12.5. The molecule has 4 aromatic rings. The molecule has 0 amide bonds. The van der Waals surface area contributed by atoms with Crippen LogP contribution in [0, 0.1) is 22.7 Å². The van der Waals surface area contributed by atoms with Crippen molar-refractivity contribution in [2.75, 3.05) is 26.4 Å². The Balaban J connectivity index is 1.66. The lowest BCUT2D eigenvalue weighted by Crippen LogP contribution is -2.22. The van der Waals surface area contributed by atoms with Crippen molar-refractivity contribution < 1.29 is 29.9 Å². The molecule has 0 fully saturated rings. The number of benzene rings is 2. The van der Waals surface area contributed by atoms with Crippen molar-refractivity contribution in [1.29, 1.82) is 10.5 Å². The SMILES string of the molecule is N#Cc1cc(-c2nsc3c(=O)n(-c4ccc(OCC(O)CO)c(C#N)c4)nnc23)ccc1OCC(O)CO. The zero-order valence-corrected chi connectivity index (χ0v) is 20.4. The zero-order chi connectivity index (χ0) is 27.2. The summed E-state index contributed by atoms with van der Waals surface area (Å²) in [6, 6.07) is 12.9. The number of nitrogens with zero attached hydrogens (tertiary/aromatic N) is 6. The zero-order valence-electron chi connectivity index (χ0n) is 19.6. The fourth-order valence-corrected chi connectivity index (χ4v) is 4.10. The predicted molar refractivity (Wildman–Crippen MR) is 133 cm³/mol. The van der Waals surface area contributed by atoms with Gasteiger partial charge in [0.05, 0.1) is 30.0 Å². The van der Waals surface area contributed by atoms with E-state index in [-0.39, 0.29) is 51.7 Å². The van der Waals surface area contributed by atoms with Crippen LogP contribution in [0.2, 0.25) is 0 Å². The van der Waals surface area contributed by atoms with Gasteiger partial charge in [-0.25, -0.2) is 0 Å². The summed E-state index contributed by atoms with van der Waals surface area (Å²) >= 11 is 0.904. The molecule has 14 heteroatoms. The Kier molecular flexibility index (Phi) is 8.22. The van der Waals surface area contributed by atoms with Gasteiger partial charge >= 0.3 is 0 Å². The topological polar surface area (TPSA) is 208 Å². The van der Waals surface area contributed by atoms with E-state index in [0.29, 0.717) is 11.3 Å². The van der Waals surface area contributed by atoms with Gasteiger partial charge < -0.3 is 29.9 Å². The number of aromatic nitrogens is 4. The molecular formula is C24H20N6O7S. The number of ether oxygens (including phenoxy) is 2. The molecule has 0 saturated carbocycles. The lowest BCUT2D eigenvalue weighted by molar-refractivity contribution is 0.0535. The summed E-state index contributed by atoms with van der Waals surface area (Å²) in [4.78, 5) is 13.2. The smallest absolute Gasteiger partial charge is 0.294 e. The van der Waals surface area contributed by atoms with Crippen molar-refractivity contribution in [1.82, 2.24) is 19.4 Å². The Bertz CT molecular complexity index is 1610. The van der Waals surface area contributed by atoms with E-state index in [1.165, 1.54) is 30.3 Å². The fourth-order valence-electron chi connectivity index (χ4n) is 3.33. The lowest BCUT2D eigenvalue weighted by Gasteiger charge is -2.12. The van der Waals surface area contributed by atoms with E-state index in [2.05, 4.69) is 14.7 Å². The summed E-state index contributed by atoms with van der Waals surface area (Å²) in [6.45, 7) is -1.39. The highest BCUT2D eigenvalue weighted by Gasteiger charge is 2.19. The summed E-state index contributed by atoms with van der Waals surface area (Å²) in [6.07, 6.45) is -2.20. The first-order valence-electron chi connectivity index (χ1n) is 11.1. The quantitative estimate of drug-likeness (QED) is 0.213. The van der Waals surface area contributed by atoms with Gasteiger partial charge in [0.1, 0.15) is 65.0 Å². The fraction of sp³-hybridized carbons (Fsp3) is 0.250. The van der Waals surface area contributed by atoms with Crippen molar-refractivity contribution in [3.05, 3.63) is 57.9 Å². The molecule has 38 heavy (non-hydrogen) atoms. The minimum absolute atomic E-state index is 0.0873. The summed E-state index contributed by atoms with van der Waals surface area (Å²) in [5.41, 5.74) is 1.03. The molecule has 194 valence electrons. The molecule has 4 rings (SSSR count). The van der Waals surface area contributed by atoms with E-state index in [9.17, 15) is 25.5 Å². The average Bonchev–Trinajstić information content (AvgIpc) is 3.39. The Morgan fingerprint density at radius 2 is 1.55 bits per heavy atom. The van der Waals surface area contributed by atoms with E-state index in [1.54, 1.807) is 6.07 Å². The Morgan fingerprint density at radius 1 is 0.947 bits per heavy atom. The molecular weight excluding hydrogens is 516 g/mol. The highest BCUT2D eigenvalue weighted by Crippen LogP contribution is 2.31. The molecule has 2 atom stereocenters. The number of fused-ring (bicyclic) bond motifs is 1.